The van der Waals surface area contributed by atoms with Gasteiger partial charge in [0.1, 0.15) is 11.5 Å². The van der Waals surface area contributed by atoms with Crippen molar-refractivity contribution in [2.24, 2.45) is 0 Å². The SMILES string of the molecule is C.C.CCCCCCC[C@@H]1c2ccc(O)cc2SC[C@]1(C)c1ccc(O)cc1.Cc1ccc(C2(C)CSc3cc(C)ccc3C2CCCCCCC(=O)O)cc1. The number of hydrogen-bond donors (Lipinski definition) is 3. The third kappa shape index (κ3) is 11.8. The predicted molar refractivity (Wildman–Crippen MR) is 242 cm³/mol. The van der Waals surface area contributed by atoms with Gasteiger partial charge < -0.3 is 15.3 Å². The fraction of sp³-hybridized carbons (Fsp3) is 0.500. The van der Waals surface area contributed by atoms with Crippen LogP contribution in [0.1, 0.15) is 158 Å². The van der Waals surface area contributed by atoms with E-state index < -0.39 is 5.97 Å². The van der Waals surface area contributed by atoms with Crippen LogP contribution >= 0.6 is 23.5 Å². The number of aryl methyl sites for hydroxylation is 2. The maximum Gasteiger partial charge on any atom is 0.303 e. The van der Waals surface area contributed by atoms with E-state index in [1.165, 1.54) is 81.7 Å². The molecule has 2 aliphatic rings. The minimum absolute atomic E-state index is 0. The summed E-state index contributed by atoms with van der Waals surface area (Å²) in [5.74, 6) is 3.04. The van der Waals surface area contributed by atoms with Crippen LogP contribution in [-0.2, 0) is 15.6 Å². The van der Waals surface area contributed by atoms with Crippen LogP contribution in [-0.4, -0.2) is 32.8 Å². The molecule has 6 heteroatoms. The summed E-state index contributed by atoms with van der Waals surface area (Å²) in [6, 6.07) is 29.6. The molecule has 0 saturated carbocycles. The van der Waals surface area contributed by atoms with Crippen LogP contribution < -0.4 is 0 Å². The number of carboxylic acid groups (broad SMARTS) is 1. The van der Waals surface area contributed by atoms with E-state index in [2.05, 4.69) is 95.3 Å². The summed E-state index contributed by atoms with van der Waals surface area (Å²) in [6.45, 7) is 11.4. The number of rotatable bonds is 15. The van der Waals surface area contributed by atoms with Gasteiger partial charge in [-0.25, -0.2) is 0 Å². The number of phenols is 2. The average Bonchev–Trinajstić information content (AvgIpc) is 3.15. The number of aromatic hydroxyl groups is 2. The Balaban J connectivity index is 0.000000291. The van der Waals surface area contributed by atoms with Crippen LogP contribution in [0, 0.1) is 13.8 Å². The Hall–Kier alpha value is -3.35. The molecule has 2 heterocycles. The molecule has 0 aromatic heterocycles. The molecule has 0 saturated heterocycles. The zero-order valence-corrected chi connectivity index (χ0v) is 34.8. The number of fused-ring (bicyclic) bond motifs is 2. The summed E-state index contributed by atoms with van der Waals surface area (Å²) in [4.78, 5) is 13.4. The molecule has 3 N–H and O–H groups in total. The largest absolute Gasteiger partial charge is 0.508 e. The van der Waals surface area contributed by atoms with Gasteiger partial charge in [-0.2, -0.15) is 0 Å². The maximum atomic E-state index is 10.7. The molecule has 2 unspecified atom stereocenters. The number of phenolic OH excluding ortho intramolecular Hbond substituents is 2. The van der Waals surface area contributed by atoms with Crippen molar-refractivity contribution in [2.45, 2.75) is 159 Å². The van der Waals surface area contributed by atoms with E-state index in [4.69, 9.17) is 5.11 Å². The Morgan fingerprint density at radius 2 is 1.05 bits per heavy atom. The molecule has 6 rings (SSSR count). The van der Waals surface area contributed by atoms with E-state index in [-0.39, 0.29) is 25.7 Å². The van der Waals surface area contributed by atoms with Crippen molar-refractivity contribution in [1.82, 2.24) is 0 Å². The van der Waals surface area contributed by atoms with Gasteiger partial charge in [0.15, 0.2) is 0 Å². The molecule has 306 valence electrons. The zero-order valence-electron chi connectivity index (χ0n) is 33.2. The second kappa shape index (κ2) is 22.0. The van der Waals surface area contributed by atoms with Gasteiger partial charge in [-0.3, -0.25) is 4.79 Å². The van der Waals surface area contributed by atoms with Gasteiger partial charge in [-0.15, -0.1) is 23.5 Å². The second-order valence-corrected chi connectivity index (χ2v) is 18.3. The molecule has 4 atom stereocenters. The number of carboxylic acids is 1. The molecule has 4 aromatic carbocycles. The van der Waals surface area contributed by atoms with Crippen molar-refractivity contribution in [2.75, 3.05) is 11.5 Å². The van der Waals surface area contributed by atoms with Gasteiger partial charge in [0, 0.05) is 38.5 Å². The van der Waals surface area contributed by atoms with Crippen molar-refractivity contribution in [3.8, 4) is 11.5 Å². The van der Waals surface area contributed by atoms with Crippen LogP contribution in [0.5, 0.6) is 11.5 Å². The van der Waals surface area contributed by atoms with Crippen molar-refractivity contribution >= 4 is 29.5 Å². The Bertz CT molecular complexity index is 1800. The number of thioether (sulfide) groups is 2. The zero-order chi connectivity index (χ0) is 38.7. The van der Waals surface area contributed by atoms with Crippen LogP contribution in [0.3, 0.4) is 0 Å². The van der Waals surface area contributed by atoms with Crippen molar-refractivity contribution in [3.05, 3.63) is 118 Å². The maximum absolute atomic E-state index is 10.7. The fourth-order valence-electron chi connectivity index (χ4n) is 8.56. The molecule has 0 fully saturated rings. The Kier molecular flexibility index (Phi) is 18.5. The molecule has 0 aliphatic carbocycles. The Labute approximate surface area is 348 Å². The second-order valence-electron chi connectivity index (χ2n) is 16.2. The molecule has 0 amide bonds. The molecule has 0 bridgehead atoms. The standard InChI is InChI=1S/C25H32O2S.C23H30O2S.2CH4/c1-18-10-13-20(14-11-18)25(3)17-28-23-16-19(2)12-15-21(23)22(25)8-6-4-5-7-9-24(26)27;1-3-4-5-6-7-8-21-20-14-13-19(25)15-22(20)26-16-23(21,2)17-9-11-18(24)12-10-17;;/h10-16,22H,4-9,17H2,1-3H3,(H,26,27);9-15,21,24-25H,3-8,16H2,1-2H3;2*1H4/t;21-,23-;;/m.1../s1. The normalized spacial score (nSPS) is 20.9. The lowest BCUT2D eigenvalue weighted by atomic mass is 9.67. The van der Waals surface area contributed by atoms with Gasteiger partial charge >= 0.3 is 5.97 Å². The molecule has 0 radical (unpaired) electrons. The lowest BCUT2D eigenvalue weighted by Gasteiger charge is -2.43. The molecule has 56 heavy (non-hydrogen) atoms. The lowest BCUT2D eigenvalue weighted by Crippen LogP contribution is -2.36. The smallest absolute Gasteiger partial charge is 0.303 e. The van der Waals surface area contributed by atoms with Crippen molar-refractivity contribution < 1.29 is 20.1 Å². The summed E-state index contributed by atoms with van der Waals surface area (Å²) in [5.41, 5.74) is 8.39. The van der Waals surface area contributed by atoms with Gasteiger partial charge in [-0.05, 0) is 97.5 Å². The average molecular weight is 799 g/mol. The van der Waals surface area contributed by atoms with Gasteiger partial charge in [0.05, 0.1) is 0 Å². The van der Waals surface area contributed by atoms with E-state index in [0.29, 0.717) is 29.8 Å². The minimum Gasteiger partial charge on any atom is -0.508 e. The fourth-order valence-corrected chi connectivity index (χ4v) is 11.4. The van der Waals surface area contributed by atoms with Crippen molar-refractivity contribution in [1.29, 1.82) is 0 Å². The first-order chi connectivity index (χ1) is 25.9. The highest BCUT2D eigenvalue weighted by molar-refractivity contribution is 7.99. The van der Waals surface area contributed by atoms with Crippen molar-refractivity contribution in [3.63, 3.8) is 0 Å². The van der Waals surface area contributed by atoms with Crippen LogP contribution in [0.4, 0.5) is 0 Å². The highest BCUT2D eigenvalue weighted by Crippen LogP contribution is 2.54. The van der Waals surface area contributed by atoms with E-state index >= 15 is 0 Å². The lowest BCUT2D eigenvalue weighted by molar-refractivity contribution is -0.137. The first-order valence-corrected chi connectivity index (χ1v) is 22.2. The summed E-state index contributed by atoms with van der Waals surface area (Å²) in [5, 5.41) is 28.4. The number of aliphatic carboxylic acids is 1. The summed E-state index contributed by atoms with van der Waals surface area (Å²) in [6.07, 6.45) is 13.1. The topological polar surface area (TPSA) is 77.8 Å². The van der Waals surface area contributed by atoms with Gasteiger partial charge in [0.25, 0.3) is 0 Å². The van der Waals surface area contributed by atoms with Crippen LogP contribution in [0.2, 0.25) is 0 Å². The first kappa shape index (κ1) is 47.0. The quantitative estimate of drug-likeness (QED) is 0.104. The van der Waals surface area contributed by atoms with E-state index in [1.54, 1.807) is 12.1 Å². The summed E-state index contributed by atoms with van der Waals surface area (Å²) < 4.78 is 0. The van der Waals surface area contributed by atoms with E-state index in [1.807, 2.05) is 35.7 Å². The van der Waals surface area contributed by atoms with Crippen LogP contribution in [0.25, 0.3) is 0 Å². The van der Waals surface area contributed by atoms with Gasteiger partial charge in [0.2, 0.25) is 0 Å². The van der Waals surface area contributed by atoms with Crippen LogP contribution in [0.15, 0.2) is 94.7 Å². The first-order valence-electron chi connectivity index (χ1n) is 20.2. The number of hydrogen-bond acceptors (Lipinski definition) is 5. The molecule has 0 spiro atoms. The Morgan fingerprint density at radius 1 is 0.607 bits per heavy atom. The molecule has 4 aromatic rings. The highest BCUT2D eigenvalue weighted by Gasteiger charge is 2.42. The third-order valence-corrected chi connectivity index (χ3v) is 14.8. The highest BCUT2D eigenvalue weighted by atomic mass is 32.2. The number of unbranched alkanes of at least 4 members (excludes halogenated alkanes) is 7. The molecular formula is C50H70O4S2. The summed E-state index contributed by atoms with van der Waals surface area (Å²) in [7, 11) is 0. The van der Waals surface area contributed by atoms with E-state index in [9.17, 15) is 15.0 Å². The number of benzene rings is 4. The molecular weight excluding hydrogens is 729 g/mol. The molecule has 4 nitrogen and oxygen atoms in total. The minimum atomic E-state index is -0.680. The predicted octanol–water partition coefficient (Wildman–Crippen LogP) is 14.8. The molecule has 2 aliphatic heterocycles. The summed E-state index contributed by atoms with van der Waals surface area (Å²) >= 11 is 3.84. The third-order valence-electron chi connectivity index (χ3n) is 12.0. The van der Waals surface area contributed by atoms with Gasteiger partial charge in [-0.1, -0.05) is 153 Å². The monoisotopic (exact) mass is 798 g/mol. The van der Waals surface area contributed by atoms with E-state index in [0.717, 1.165) is 43.6 Å². The Morgan fingerprint density at radius 3 is 1.59 bits per heavy atom. The number of carbonyl (C=O) groups is 1.